The van der Waals surface area contributed by atoms with Crippen LogP contribution in [0.3, 0.4) is 0 Å². The molecular formula is C7H6N4O2. The highest BCUT2D eigenvalue weighted by atomic mass is 16.3. The monoisotopic (exact) mass is 178 g/mol. The summed E-state index contributed by atoms with van der Waals surface area (Å²) < 4.78 is 0. The van der Waals surface area contributed by atoms with E-state index in [0.717, 1.165) is 0 Å². The van der Waals surface area contributed by atoms with Crippen LogP contribution in [0.25, 0.3) is 11.2 Å². The smallest absolute Gasteiger partial charge is 0.293 e. The van der Waals surface area contributed by atoms with Crippen LogP contribution in [0.4, 0.5) is 0 Å². The average molecular weight is 178 g/mol. The molecule has 0 fully saturated rings. The van der Waals surface area contributed by atoms with Gasteiger partial charge in [-0.1, -0.05) is 0 Å². The van der Waals surface area contributed by atoms with Gasteiger partial charge < -0.3 is 10.1 Å². The molecule has 0 aliphatic carbocycles. The predicted octanol–water partition coefficient (Wildman–Crippen LogP) is 0.261. The van der Waals surface area contributed by atoms with Crippen molar-refractivity contribution < 1.29 is 9.90 Å². The first-order valence-corrected chi connectivity index (χ1v) is 3.59. The number of aromatic amines is 1. The molecule has 2 aromatic heterocycles. The molecule has 0 unspecified atom stereocenters. The number of ketones is 1. The van der Waals surface area contributed by atoms with Gasteiger partial charge in [-0.25, -0.2) is 9.97 Å². The Balaban J connectivity index is 2.67. The second-order valence-corrected chi connectivity index (χ2v) is 2.55. The molecule has 2 heterocycles. The van der Waals surface area contributed by atoms with Crippen molar-refractivity contribution in [3.63, 3.8) is 0 Å². The molecule has 6 heteroatoms. The number of hydrogen-bond acceptors (Lipinski definition) is 5. The number of nitrogens with one attached hydrogen (secondary N) is 1. The lowest BCUT2D eigenvalue weighted by atomic mass is 10.4. The SMILES string of the molecule is CC(=O)c1ncc2[nH]c(O)nc2n1. The number of hydrogen-bond donors (Lipinski definition) is 2. The minimum atomic E-state index is -0.232. The molecule has 0 amide bonds. The van der Waals surface area contributed by atoms with E-state index in [2.05, 4.69) is 19.9 Å². The summed E-state index contributed by atoms with van der Waals surface area (Å²) >= 11 is 0. The van der Waals surface area contributed by atoms with Crippen molar-refractivity contribution in [1.82, 2.24) is 19.9 Å². The molecule has 0 saturated carbocycles. The third kappa shape index (κ3) is 1.22. The molecule has 0 atom stereocenters. The van der Waals surface area contributed by atoms with Crippen LogP contribution in [0.1, 0.15) is 17.5 Å². The van der Waals surface area contributed by atoms with Crippen LogP contribution in [0.2, 0.25) is 0 Å². The van der Waals surface area contributed by atoms with Gasteiger partial charge in [-0.3, -0.25) is 4.79 Å². The minimum absolute atomic E-state index is 0.0963. The number of fused-ring (bicyclic) bond motifs is 1. The van der Waals surface area contributed by atoms with Crippen LogP contribution in [-0.2, 0) is 0 Å². The number of carbonyl (C=O) groups excluding carboxylic acids is 1. The second-order valence-electron chi connectivity index (χ2n) is 2.55. The molecule has 0 saturated heterocycles. The maximum Gasteiger partial charge on any atom is 0.293 e. The number of carbonyl (C=O) groups is 1. The summed E-state index contributed by atoms with van der Waals surface area (Å²) in [6, 6.07) is -0.231. The lowest BCUT2D eigenvalue weighted by Crippen LogP contribution is -2.00. The van der Waals surface area contributed by atoms with E-state index in [1.807, 2.05) is 0 Å². The third-order valence-corrected chi connectivity index (χ3v) is 1.54. The van der Waals surface area contributed by atoms with E-state index in [1.165, 1.54) is 13.1 Å². The van der Waals surface area contributed by atoms with Gasteiger partial charge in [-0.2, -0.15) is 4.98 Å². The molecule has 0 bridgehead atoms. The minimum Gasteiger partial charge on any atom is -0.480 e. The van der Waals surface area contributed by atoms with E-state index in [-0.39, 0.29) is 23.3 Å². The number of nitrogens with zero attached hydrogens (tertiary/aromatic N) is 3. The summed E-state index contributed by atoms with van der Waals surface area (Å²) in [5.41, 5.74) is 0.792. The molecule has 66 valence electrons. The third-order valence-electron chi connectivity index (χ3n) is 1.54. The number of aromatic hydroxyl groups is 1. The average Bonchev–Trinajstić information content (AvgIpc) is 2.42. The predicted molar refractivity (Wildman–Crippen MR) is 43.4 cm³/mol. The Kier molecular flexibility index (Phi) is 1.48. The molecular weight excluding hydrogens is 172 g/mol. The van der Waals surface area contributed by atoms with Crippen LogP contribution >= 0.6 is 0 Å². The molecule has 2 aromatic rings. The van der Waals surface area contributed by atoms with Crippen LogP contribution in [0.15, 0.2) is 6.20 Å². The topological polar surface area (TPSA) is 91.8 Å². The first kappa shape index (κ1) is 7.66. The largest absolute Gasteiger partial charge is 0.480 e. The molecule has 0 aliphatic rings. The zero-order valence-corrected chi connectivity index (χ0v) is 6.77. The van der Waals surface area contributed by atoms with Crippen molar-refractivity contribution in [2.45, 2.75) is 6.92 Å². The highest BCUT2D eigenvalue weighted by molar-refractivity contribution is 5.91. The normalized spacial score (nSPS) is 10.5. The summed E-state index contributed by atoms with van der Waals surface area (Å²) in [4.78, 5) is 24.7. The quantitative estimate of drug-likeness (QED) is 0.611. The highest BCUT2D eigenvalue weighted by Crippen LogP contribution is 2.10. The van der Waals surface area contributed by atoms with E-state index in [4.69, 9.17) is 5.11 Å². The van der Waals surface area contributed by atoms with Gasteiger partial charge in [0.25, 0.3) is 6.01 Å². The Morgan fingerprint density at radius 1 is 1.54 bits per heavy atom. The lowest BCUT2D eigenvalue weighted by Gasteiger charge is -1.90. The van der Waals surface area contributed by atoms with Gasteiger partial charge in [-0.05, 0) is 0 Å². The van der Waals surface area contributed by atoms with Gasteiger partial charge in [0.15, 0.2) is 17.3 Å². The number of aromatic nitrogens is 4. The molecule has 6 nitrogen and oxygen atoms in total. The van der Waals surface area contributed by atoms with Gasteiger partial charge in [0.05, 0.1) is 6.20 Å². The fraction of sp³-hybridized carbons (Fsp3) is 0.143. The van der Waals surface area contributed by atoms with E-state index in [0.29, 0.717) is 5.52 Å². The number of Topliss-reactive ketones (excluding diaryl/α,β-unsaturated/α-hetero) is 1. The van der Waals surface area contributed by atoms with Crippen LogP contribution in [-0.4, -0.2) is 30.8 Å². The summed E-state index contributed by atoms with van der Waals surface area (Å²) in [5.74, 6) is -0.136. The van der Waals surface area contributed by atoms with Crippen LogP contribution < -0.4 is 0 Å². The highest BCUT2D eigenvalue weighted by Gasteiger charge is 2.07. The Hall–Kier alpha value is -1.98. The van der Waals surface area contributed by atoms with Crippen LogP contribution in [0, 0.1) is 0 Å². The van der Waals surface area contributed by atoms with E-state index >= 15 is 0 Å². The maximum absolute atomic E-state index is 10.9. The zero-order valence-electron chi connectivity index (χ0n) is 6.77. The fourth-order valence-electron chi connectivity index (χ4n) is 0.965. The first-order valence-electron chi connectivity index (χ1n) is 3.59. The lowest BCUT2D eigenvalue weighted by molar-refractivity contribution is 0.100. The maximum atomic E-state index is 10.9. The molecule has 0 aliphatic heterocycles. The summed E-state index contributed by atoms with van der Waals surface area (Å²) in [7, 11) is 0. The summed E-state index contributed by atoms with van der Waals surface area (Å²) in [5, 5.41) is 8.97. The fourth-order valence-corrected chi connectivity index (χ4v) is 0.965. The zero-order chi connectivity index (χ0) is 9.42. The number of H-pyrrole nitrogens is 1. The van der Waals surface area contributed by atoms with Crippen molar-refractivity contribution in [3.05, 3.63) is 12.0 Å². The van der Waals surface area contributed by atoms with E-state index < -0.39 is 0 Å². The second kappa shape index (κ2) is 2.51. The molecule has 2 rings (SSSR count). The molecule has 0 spiro atoms. The first-order chi connectivity index (χ1) is 6.16. The van der Waals surface area contributed by atoms with Crippen molar-refractivity contribution in [3.8, 4) is 6.01 Å². The Morgan fingerprint density at radius 3 is 3.00 bits per heavy atom. The van der Waals surface area contributed by atoms with Crippen molar-refractivity contribution >= 4 is 16.9 Å². The van der Waals surface area contributed by atoms with Crippen LogP contribution in [0.5, 0.6) is 6.01 Å². The van der Waals surface area contributed by atoms with Crippen molar-refractivity contribution in [2.75, 3.05) is 0 Å². The van der Waals surface area contributed by atoms with Gasteiger partial charge in [0.2, 0.25) is 0 Å². The summed E-state index contributed by atoms with van der Waals surface area (Å²) in [6.07, 6.45) is 1.41. The van der Waals surface area contributed by atoms with Gasteiger partial charge in [0.1, 0.15) is 5.52 Å². The molecule has 2 N–H and O–H groups in total. The van der Waals surface area contributed by atoms with E-state index in [1.54, 1.807) is 0 Å². The van der Waals surface area contributed by atoms with Gasteiger partial charge in [0, 0.05) is 6.92 Å². The van der Waals surface area contributed by atoms with Gasteiger partial charge in [-0.15, -0.1) is 0 Å². The Bertz CT molecular complexity index is 476. The van der Waals surface area contributed by atoms with Crippen molar-refractivity contribution in [1.29, 1.82) is 0 Å². The number of imidazole rings is 1. The van der Waals surface area contributed by atoms with Gasteiger partial charge >= 0.3 is 0 Å². The Morgan fingerprint density at radius 2 is 2.31 bits per heavy atom. The number of rotatable bonds is 1. The Labute approximate surface area is 72.7 Å². The van der Waals surface area contributed by atoms with E-state index in [9.17, 15) is 4.79 Å². The standard InChI is InChI=1S/C7H6N4O2/c1-3(12)5-8-2-4-6(10-5)11-7(13)9-4/h2H,1H3,(H2,8,9,10,11,13). The molecule has 0 radical (unpaired) electrons. The molecule has 13 heavy (non-hydrogen) atoms. The summed E-state index contributed by atoms with van der Waals surface area (Å²) in [6.45, 7) is 1.37. The molecule has 0 aromatic carbocycles. The van der Waals surface area contributed by atoms with Crippen molar-refractivity contribution in [2.24, 2.45) is 0 Å².